The lowest BCUT2D eigenvalue weighted by Crippen LogP contribution is -2.31. The summed E-state index contributed by atoms with van der Waals surface area (Å²) in [4.78, 5) is 22.4. The van der Waals surface area contributed by atoms with E-state index in [2.05, 4.69) is 65.6 Å². The average molecular weight is 562 g/mol. The fraction of sp³-hybridized carbons (Fsp3) is 0.588. The molecule has 0 radical (unpaired) electrons. The number of fused-ring (bicyclic) bond motifs is 1. The minimum absolute atomic E-state index is 0.340. The second kappa shape index (κ2) is 15.4. The number of aromatic nitrogens is 2. The second-order valence-corrected chi connectivity index (χ2v) is 12.5. The molecule has 224 valence electrons. The number of rotatable bonds is 15. The highest BCUT2D eigenvalue weighted by Gasteiger charge is 2.16. The molecule has 0 amide bonds. The first kappa shape index (κ1) is 31.0. The summed E-state index contributed by atoms with van der Waals surface area (Å²) >= 11 is 0. The zero-order valence-electron chi connectivity index (χ0n) is 26.0. The molecule has 7 nitrogen and oxygen atoms in total. The summed E-state index contributed by atoms with van der Waals surface area (Å²) in [6.07, 6.45) is 7.48. The molecule has 0 aliphatic carbocycles. The van der Waals surface area contributed by atoms with Gasteiger partial charge in [-0.15, -0.1) is 0 Å². The van der Waals surface area contributed by atoms with Crippen molar-refractivity contribution in [3.63, 3.8) is 0 Å². The number of hydrogen-bond donors (Lipinski definition) is 1. The molecule has 0 saturated carbocycles. The highest BCUT2D eigenvalue weighted by atomic mass is 16.5. The molecule has 1 aliphatic rings. The Labute approximate surface area is 247 Å². The van der Waals surface area contributed by atoms with Gasteiger partial charge in [0.2, 0.25) is 5.95 Å². The van der Waals surface area contributed by atoms with E-state index in [0.29, 0.717) is 17.4 Å². The fourth-order valence-corrected chi connectivity index (χ4v) is 5.60. The van der Waals surface area contributed by atoms with Gasteiger partial charge in [-0.2, -0.15) is 0 Å². The van der Waals surface area contributed by atoms with Crippen molar-refractivity contribution in [3.8, 4) is 0 Å². The predicted molar refractivity (Wildman–Crippen MR) is 170 cm³/mol. The van der Waals surface area contributed by atoms with Gasteiger partial charge in [-0.05, 0) is 113 Å². The number of imidazole rings is 1. The van der Waals surface area contributed by atoms with Crippen molar-refractivity contribution in [2.45, 2.75) is 79.3 Å². The van der Waals surface area contributed by atoms with Gasteiger partial charge < -0.3 is 19.5 Å². The van der Waals surface area contributed by atoms with Crippen LogP contribution in [0.3, 0.4) is 0 Å². The number of carbonyl (C=O) groups excluding carboxylic acids is 1. The largest absolute Gasteiger partial charge is 0.465 e. The van der Waals surface area contributed by atoms with Gasteiger partial charge in [0, 0.05) is 18.8 Å². The SMILES string of the molecule is COC(=O)c1cccc(Nc2nc3ccc(CN(CCC(C)C)CCC(C)C)cc3n2CCCN2CCCCC2)c1. The van der Waals surface area contributed by atoms with Crippen LogP contribution in [-0.4, -0.2) is 65.2 Å². The van der Waals surface area contributed by atoms with Crippen molar-refractivity contribution in [3.05, 3.63) is 53.6 Å². The van der Waals surface area contributed by atoms with Crippen LogP contribution < -0.4 is 5.32 Å². The Morgan fingerprint density at radius 2 is 1.71 bits per heavy atom. The molecule has 0 unspecified atom stereocenters. The molecule has 1 aliphatic heterocycles. The second-order valence-electron chi connectivity index (χ2n) is 12.5. The van der Waals surface area contributed by atoms with Crippen molar-refractivity contribution >= 4 is 28.6 Å². The molecule has 1 saturated heterocycles. The van der Waals surface area contributed by atoms with E-state index in [1.807, 2.05) is 18.2 Å². The van der Waals surface area contributed by atoms with Gasteiger partial charge >= 0.3 is 5.97 Å². The zero-order valence-corrected chi connectivity index (χ0v) is 26.0. The number of nitrogens with one attached hydrogen (secondary N) is 1. The molecule has 0 spiro atoms. The van der Waals surface area contributed by atoms with Crippen LogP contribution >= 0.6 is 0 Å². The number of likely N-dealkylation sites (tertiary alicyclic amines) is 1. The summed E-state index contributed by atoms with van der Waals surface area (Å²) in [5, 5.41) is 3.52. The topological polar surface area (TPSA) is 62.6 Å². The molecular formula is C34H51N5O2. The highest BCUT2D eigenvalue weighted by Crippen LogP contribution is 2.26. The standard InChI is InChI=1S/C34H51N5O2/c1-26(2)15-21-38(22-16-27(3)4)25-28-13-14-31-32(23-28)39(20-10-19-37-17-7-6-8-18-37)34(36-31)35-30-12-9-11-29(24-30)33(40)41-5/h9,11-14,23-24,26-27H,6-8,10,15-22,25H2,1-5H3,(H,35,36). The molecule has 7 heteroatoms. The number of aryl methyl sites for hydroxylation is 1. The number of nitrogens with zero attached hydrogens (tertiary/aromatic N) is 4. The molecule has 41 heavy (non-hydrogen) atoms. The highest BCUT2D eigenvalue weighted by molar-refractivity contribution is 5.90. The lowest BCUT2D eigenvalue weighted by atomic mass is 10.1. The third-order valence-corrected chi connectivity index (χ3v) is 8.11. The fourth-order valence-electron chi connectivity index (χ4n) is 5.60. The number of hydrogen-bond acceptors (Lipinski definition) is 6. The third-order valence-electron chi connectivity index (χ3n) is 8.11. The Balaban J connectivity index is 1.59. The van der Waals surface area contributed by atoms with E-state index in [1.54, 1.807) is 6.07 Å². The van der Waals surface area contributed by atoms with Crippen LogP contribution in [0, 0.1) is 11.8 Å². The van der Waals surface area contributed by atoms with E-state index >= 15 is 0 Å². The minimum atomic E-state index is -0.340. The maximum absolute atomic E-state index is 12.1. The molecule has 2 heterocycles. The zero-order chi connectivity index (χ0) is 29.2. The van der Waals surface area contributed by atoms with Crippen molar-refractivity contribution in [1.29, 1.82) is 0 Å². The smallest absolute Gasteiger partial charge is 0.337 e. The molecule has 0 bridgehead atoms. The number of methoxy groups -OCH3 is 1. The molecule has 2 aromatic carbocycles. The Morgan fingerprint density at radius 3 is 2.39 bits per heavy atom. The van der Waals surface area contributed by atoms with Gasteiger partial charge in [0.15, 0.2) is 0 Å². The van der Waals surface area contributed by atoms with Gasteiger partial charge in [-0.25, -0.2) is 9.78 Å². The molecule has 1 N–H and O–H groups in total. The maximum Gasteiger partial charge on any atom is 0.337 e. The quantitative estimate of drug-likeness (QED) is 0.196. The number of piperidine rings is 1. The van der Waals surface area contributed by atoms with Crippen LogP contribution in [0.4, 0.5) is 11.6 Å². The van der Waals surface area contributed by atoms with Gasteiger partial charge in [0.25, 0.3) is 0 Å². The van der Waals surface area contributed by atoms with Gasteiger partial charge in [0.05, 0.1) is 23.7 Å². The molecule has 0 atom stereocenters. The first-order chi connectivity index (χ1) is 19.8. The van der Waals surface area contributed by atoms with E-state index in [0.717, 1.165) is 56.3 Å². The van der Waals surface area contributed by atoms with E-state index in [4.69, 9.17) is 9.72 Å². The van der Waals surface area contributed by atoms with Crippen molar-refractivity contribution < 1.29 is 9.53 Å². The van der Waals surface area contributed by atoms with Crippen molar-refractivity contribution in [2.24, 2.45) is 11.8 Å². The Kier molecular flexibility index (Phi) is 11.6. The van der Waals surface area contributed by atoms with Gasteiger partial charge in [-0.1, -0.05) is 46.2 Å². The Morgan fingerprint density at radius 1 is 0.976 bits per heavy atom. The third kappa shape index (κ3) is 9.30. The number of esters is 1. The van der Waals surface area contributed by atoms with Crippen LogP contribution in [0.25, 0.3) is 11.0 Å². The summed E-state index contributed by atoms with van der Waals surface area (Å²) in [7, 11) is 1.41. The van der Waals surface area contributed by atoms with Crippen molar-refractivity contribution in [2.75, 3.05) is 45.2 Å². The van der Waals surface area contributed by atoms with E-state index in [1.165, 1.54) is 63.4 Å². The Bertz CT molecular complexity index is 1230. The first-order valence-corrected chi connectivity index (χ1v) is 15.7. The van der Waals surface area contributed by atoms with Crippen LogP contribution in [0.5, 0.6) is 0 Å². The monoisotopic (exact) mass is 561 g/mol. The number of carbonyl (C=O) groups is 1. The summed E-state index contributed by atoms with van der Waals surface area (Å²) in [6.45, 7) is 16.9. The normalized spacial score (nSPS) is 14.4. The summed E-state index contributed by atoms with van der Waals surface area (Å²) in [5.41, 5.74) is 4.85. The van der Waals surface area contributed by atoms with Crippen molar-refractivity contribution in [1.82, 2.24) is 19.4 Å². The molecular weight excluding hydrogens is 510 g/mol. The molecule has 3 aromatic rings. The van der Waals surface area contributed by atoms with Crippen LogP contribution in [0.1, 0.15) is 82.1 Å². The summed E-state index contributed by atoms with van der Waals surface area (Å²) < 4.78 is 7.27. The average Bonchev–Trinajstić information content (AvgIpc) is 3.30. The predicted octanol–water partition coefficient (Wildman–Crippen LogP) is 7.34. The number of ether oxygens (including phenoxy) is 1. The van der Waals surface area contributed by atoms with E-state index in [9.17, 15) is 4.79 Å². The maximum atomic E-state index is 12.1. The number of benzene rings is 2. The van der Waals surface area contributed by atoms with Crippen LogP contribution in [-0.2, 0) is 17.8 Å². The van der Waals surface area contributed by atoms with E-state index in [-0.39, 0.29) is 5.97 Å². The molecule has 4 rings (SSSR count). The number of anilines is 2. The lowest BCUT2D eigenvalue weighted by molar-refractivity contribution is 0.0601. The summed E-state index contributed by atoms with van der Waals surface area (Å²) in [6, 6.07) is 14.2. The lowest BCUT2D eigenvalue weighted by Gasteiger charge is -2.26. The van der Waals surface area contributed by atoms with Gasteiger partial charge in [-0.3, -0.25) is 4.90 Å². The van der Waals surface area contributed by atoms with Gasteiger partial charge in [0.1, 0.15) is 0 Å². The van der Waals surface area contributed by atoms with Crippen LogP contribution in [0.15, 0.2) is 42.5 Å². The molecule has 1 aromatic heterocycles. The molecule has 1 fully saturated rings. The first-order valence-electron chi connectivity index (χ1n) is 15.7. The summed E-state index contributed by atoms with van der Waals surface area (Å²) in [5.74, 6) is 1.88. The van der Waals surface area contributed by atoms with E-state index < -0.39 is 0 Å². The Hall–Kier alpha value is -2.90. The minimum Gasteiger partial charge on any atom is -0.465 e. The van der Waals surface area contributed by atoms with Crippen LogP contribution in [0.2, 0.25) is 0 Å².